The Bertz CT molecular complexity index is 371. The number of nitrogens with zero attached hydrogens (tertiary/aromatic N) is 1. The highest BCUT2D eigenvalue weighted by atomic mass is 16.6. The van der Waals surface area contributed by atoms with Crippen LogP contribution < -0.4 is 0 Å². The van der Waals surface area contributed by atoms with Gasteiger partial charge in [-0.15, -0.1) is 0 Å². The molecule has 1 aromatic rings. The second-order valence-electron chi connectivity index (χ2n) is 2.96. The summed E-state index contributed by atoms with van der Waals surface area (Å²) in [6, 6.07) is 6.66. The van der Waals surface area contributed by atoms with Gasteiger partial charge in [0.2, 0.25) is 0 Å². The van der Waals surface area contributed by atoms with Crippen LogP contribution in [-0.2, 0) is 6.42 Å². The van der Waals surface area contributed by atoms with Crippen molar-refractivity contribution in [1.82, 2.24) is 0 Å². The van der Waals surface area contributed by atoms with Crippen molar-refractivity contribution in [1.29, 1.82) is 0 Å². The second-order valence-corrected chi connectivity index (χ2v) is 2.96. The fraction of sp³-hybridized carbons (Fsp3) is 0.200. The molecular formula is C10H8NO2. The SMILES string of the molecule is O=[N+]([O-])C1[C]=CCc2ccccc21. The molecule has 2 rings (SSSR count). The van der Waals surface area contributed by atoms with E-state index < -0.39 is 6.04 Å². The summed E-state index contributed by atoms with van der Waals surface area (Å²) in [4.78, 5) is 10.3. The molecular weight excluding hydrogens is 166 g/mol. The van der Waals surface area contributed by atoms with Gasteiger partial charge >= 0.3 is 0 Å². The van der Waals surface area contributed by atoms with Crippen molar-refractivity contribution in [3.05, 3.63) is 57.7 Å². The molecule has 0 fully saturated rings. The van der Waals surface area contributed by atoms with E-state index in [4.69, 9.17) is 0 Å². The minimum absolute atomic E-state index is 0.311. The molecule has 1 atom stereocenters. The van der Waals surface area contributed by atoms with E-state index in [9.17, 15) is 10.1 Å². The molecule has 0 heterocycles. The molecule has 1 radical (unpaired) electrons. The van der Waals surface area contributed by atoms with Gasteiger partial charge in [-0.3, -0.25) is 10.1 Å². The van der Waals surface area contributed by atoms with Crippen molar-refractivity contribution in [2.75, 3.05) is 0 Å². The molecule has 1 aromatic carbocycles. The maximum atomic E-state index is 10.6. The van der Waals surface area contributed by atoms with Crippen LogP contribution in [0.2, 0.25) is 0 Å². The topological polar surface area (TPSA) is 43.1 Å². The normalized spacial score (nSPS) is 19.5. The zero-order valence-electron chi connectivity index (χ0n) is 6.93. The fourth-order valence-corrected chi connectivity index (χ4v) is 1.53. The van der Waals surface area contributed by atoms with E-state index in [1.807, 2.05) is 18.2 Å². The zero-order chi connectivity index (χ0) is 9.26. The number of benzene rings is 1. The maximum Gasteiger partial charge on any atom is 0.263 e. The molecule has 3 heteroatoms. The Morgan fingerprint density at radius 3 is 3.00 bits per heavy atom. The Morgan fingerprint density at radius 2 is 2.23 bits per heavy atom. The van der Waals surface area contributed by atoms with Gasteiger partial charge in [-0.2, -0.15) is 0 Å². The number of hydrogen-bond acceptors (Lipinski definition) is 2. The third-order valence-corrected chi connectivity index (χ3v) is 2.16. The smallest absolute Gasteiger partial charge is 0.263 e. The number of rotatable bonds is 1. The molecule has 1 aliphatic carbocycles. The third-order valence-electron chi connectivity index (χ3n) is 2.16. The lowest BCUT2D eigenvalue weighted by molar-refractivity contribution is -0.518. The predicted octanol–water partition coefficient (Wildman–Crippen LogP) is 1.92. The average Bonchev–Trinajstić information content (AvgIpc) is 2.17. The van der Waals surface area contributed by atoms with Crippen LogP contribution >= 0.6 is 0 Å². The van der Waals surface area contributed by atoms with Crippen molar-refractivity contribution in [2.45, 2.75) is 12.5 Å². The quantitative estimate of drug-likeness (QED) is 0.482. The van der Waals surface area contributed by atoms with Crippen LogP contribution in [0.25, 0.3) is 0 Å². The standard InChI is InChI=1S/C10H8NO2/c12-11(13)10-7-3-5-8-4-1-2-6-9(8)10/h1-4,6,10H,5H2. The molecule has 0 saturated heterocycles. The highest BCUT2D eigenvalue weighted by Crippen LogP contribution is 2.25. The molecule has 0 aromatic heterocycles. The van der Waals surface area contributed by atoms with Gasteiger partial charge in [-0.1, -0.05) is 30.3 Å². The summed E-state index contributed by atoms with van der Waals surface area (Å²) in [6.45, 7) is 0. The van der Waals surface area contributed by atoms with Crippen LogP contribution in [0.1, 0.15) is 17.2 Å². The van der Waals surface area contributed by atoms with Crippen LogP contribution in [0.3, 0.4) is 0 Å². The van der Waals surface area contributed by atoms with Gasteiger partial charge in [0, 0.05) is 16.6 Å². The summed E-state index contributed by atoms with van der Waals surface area (Å²) in [5.41, 5.74) is 1.80. The third kappa shape index (κ3) is 1.33. The average molecular weight is 174 g/mol. The molecule has 0 amide bonds. The van der Waals surface area contributed by atoms with E-state index in [-0.39, 0.29) is 4.92 Å². The predicted molar refractivity (Wildman–Crippen MR) is 47.7 cm³/mol. The van der Waals surface area contributed by atoms with Gasteiger partial charge in [0.25, 0.3) is 6.04 Å². The zero-order valence-corrected chi connectivity index (χ0v) is 6.93. The first-order valence-electron chi connectivity index (χ1n) is 4.08. The first-order chi connectivity index (χ1) is 6.29. The van der Waals surface area contributed by atoms with Crippen LogP contribution in [0, 0.1) is 16.2 Å². The Labute approximate surface area is 75.8 Å². The summed E-state index contributed by atoms with van der Waals surface area (Å²) in [6.07, 6.45) is 5.23. The summed E-state index contributed by atoms with van der Waals surface area (Å²) < 4.78 is 0. The maximum absolute atomic E-state index is 10.6. The highest BCUT2D eigenvalue weighted by molar-refractivity contribution is 5.34. The van der Waals surface area contributed by atoms with Gasteiger partial charge < -0.3 is 0 Å². The van der Waals surface area contributed by atoms with Crippen LogP contribution in [0.4, 0.5) is 0 Å². The lowest BCUT2D eigenvalue weighted by atomic mass is 9.93. The van der Waals surface area contributed by atoms with Crippen LogP contribution in [-0.4, -0.2) is 4.92 Å². The molecule has 0 spiro atoms. The van der Waals surface area contributed by atoms with E-state index >= 15 is 0 Å². The van der Waals surface area contributed by atoms with E-state index in [0.717, 1.165) is 17.5 Å². The summed E-state index contributed by atoms with van der Waals surface area (Å²) >= 11 is 0. The van der Waals surface area contributed by atoms with Crippen molar-refractivity contribution >= 4 is 0 Å². The van der Waals surface area contributed by atoms with Gasteiger partial charge in [-0.05, 0) is 12.0 Å². The van der Waals surface area contributed by atoms with Gasteiger partial charge in [-0.25, -0.2) is 0 Å². The van der Waals surface area contributed by atoms with Crippen LogP contribution in [0.5, 0.6) is 0 Å². The molecule has 0 saturated carbocycles. The number of fused-ring (bicyclic) bond motifs is 1. The Morgan fingerprint density at radius 1 is 1.46 bits per heavy atom. The molecule has 0 N–H and O–H groups in total. The van der Waals surface area contributed by atoms with E-state index in [1.54, 1.807) is 12.1 Å². The van der Waals surface area contributed by atoms with Crippen LogP contribution in [0.15, 0.2) is 30.3 Å². The number of allylic oxidation sites excluding steroid dienone is 1. The largest absolute Gasteiger partial charge is 0.264 e. The summed E-state index contributed by atoms with van der Waals surface area (Å²) in [5, 5.41) is 10.6. The van der Waals surface area contributed by atoms with E-state index in [2.05, 4.69) is 6.08 Å². The van der Waals surface area contributed by atoms with E-state index in [1.165, 1.54) is 0 Å². The number of nitro groups is 1. The Balaban J connectivity index is 2.48. The lowest BCUT2D eigenvalue weighted by Crippen LogP contribution is -2.13. The van der Waals surface area contributed by atoms with Crippen molar-refractivity contribution in [3.8, 4) is 0 Å². The molecule has 1 unspecified atom stereocenters. The first kappa shape index (κ1) is 7.98. The highest BCUT2D eigenvalue weighted by Gasteiger charge is 2.24. The lowest BCUT2D eigenvalue weighted by Gasteiger charge is -2.13. The molecule has 1 aliphatic rings. The molecule has 3 nitrogen and oxygen atoms in total. The summed E-state index contributed by atoms with van der Waals surface area (Å²) in [5.74, 6) is 0. The summed E-state index contributed by atoms with van der Waals surface area (Å²) in [7, 11) is 0. The first-order valence-corrected chi connectivity index (χ1v) is 4.08. The Hall–Kier alpha value is -1.64. The monoisotopic (exact) mass is 174 g/mol. The van der Waals surface area contributed by atoms with Gasteiger partial charge in [0.15, 0.2) is 0 Å². The van der Waals surface area contributed by atoms with Crippen molar-refractivity contribution in [3.63, 3.8) is 0 Å². The number of hydrogen-bond donors (Lipinski definition) is 0. The molecule has 0 aliphatic heterocycles. The minimum Gasteiger partial charge on any atom is -0.264 e. The van der Waals surface area contributed by atoms with Gasteiger partial charge in [0.05, 0.1) is 0 Å². The Kier molecular flexibility index (Phi) is 1.85. The molecule has 65 valence electrons. The fourth-order valence-electron chi connectivity index (χ4n) is 1.53. The van der Waals surface area contributed by atoms with Gasteiger partial charge in [0.1, 0.15) is 0 Å². The second kappa shape index (κ2) is 3.01. The molecule has 13 heavy (non-hydrogen) atoms. The van der Waals surface area contributed by atoms with E-state index in [0.29, 0.717) is 0 Å². The molecule has 0 bridgehead atoms. The van der Waals surface area contributed by atoms with Crippen molar-refractivity contribution in [2.24, 2.45) is 0 Å². The minimum atomic E-state index is -0.773. The van der Waals surface area contributed by atoms with Crippen molar-refractivity contribution < 1.29 is 4.92 Å².